The number of benzene rings is 1. The van der Waals surface area contributed by atoms with Gasteiger partial charge in [-0.15, -0.1) is 0 Å². The smallest absolute Gasteiger partial charge is 0.338 e. The van der Waals surface area contributed by atoms with Crippen LogP contribution >= 0.6 is 15.9 Å². The van der Waals surface area contributed by atoms with Crippen molar-refractivity contribution in [2.75, 3.05) is 27.3 Å². The highest BCUT2D eigenvalue weighted by Crippen LogP contribution is 2.29. The predicted octanol–water partition coefficient (Wildman–Crippen LogP) is 3.35. The fraction of sp³-hybridized carbons (Fsp3) is 0.333. The number of urea groups is 1. The van der Waals surface area contributed by atoms with Crippen LogP contribution in [-0.4, -0.2) is 44.2 Å². The third-order valence-electron chi connectivity index (χ3n) is 4.59. The molecule has 9 heteroatoms. The van der Waals surface area contributed by atoms with Crippen molar-refractivity contribution in [3.8, 4) is 5.75 Å². The largest absolute Gasteiger partial charge is 0.496 e. The summed E-state index contributed by atoms with van der Waals surface area (Å²) in [5.41, 5.74) is 1.75. The molecular formula is C21H24BrN3O5. The number of likely N-dealkylation sites (N-methyl/N-ethyl adjacent to an activating group) is 1. The van der Waals surface area contributed by atoms with E-state index < -0.39 is 18.0 Å². The number of carbonyl (C=O) groups is 2. The maximum Gasteiger partial charge on any atom is 0.338 e. The molecule has 0 fully saturated rings. The first-order chi connectivity index (χ1) is 14.4. The van der Waals surface area contributed by atoms with E-state index >= 15 is 0 Å². The van der Waals surface area contributed by atoms with Crippen molar-refractivity contribution in [2.24, 2.45) is 0 Å². The number of halogens is 1. The van der Waals surface area contributed by atoms with E-state index in [-0.39, 0.29) is 6.61 Å². The summed E-state index contributed by atoms with van der Waals surface area (Å²) in [5.74, 6) is 0.712. The summed E-state index contributed by atoms with van der Waals surface area (Å²) in [6.07, 6.45) is 1.50. The zero-order valence-electron chi connectivity index (χ0n) is 17.0. The molecule has 30 heavy (non-hydrogen) atoms. The number of esters is 1. The molecule has 0 radical (unpaired) electrons. The number of amides is 2. The molecule has 1 aromatic carbocycles. The lowest BCUT2D eigenvalue weighted by Gasteiger charge is -2.30. The highest BCUT2D eigenvalue weighted by Gasteiger charge is 2.35. The Balaban J connectivity index is 1.91. The van der Waals surface area contributed by atoms with Gasteiger partial charge in [-0.05, 0) is 44.3 Å². The Morgan fingerprint density at radius 1 is 1.30 bits per heavy atom. The van der Waals surface area contributed by atoms with Gasteiger partial charge in [0, 0.05) is 28.8 Å². The first-order valence-corrected chi connectivity index (χ1v) is 10.2. The molecule has 2 N–H and O–H groups in total. The van der Waals surface area contributed by atoms with Gasteiger partial charge in [-0.2, -0.15) is 0 Å². The average Bonchev–Trinajstić information content (AvgIpc) is 3.22. The van der Waals surface area contributed by atoms with Crippen LogP contribution in [0.25, 0.3) is 0 Å². The number of nitrogens with zero attached hydrogens (tertiary/aromatic N) is 1. The molecule has 1 aromatic heterocycles. The Bertz CT molecular complexity index is 942. The molecule has 1 atom stereocenters. The molecule has 2 heterocycles. The number of hydrogen-bond acceptors (Lipinski definition) is 6. The third kappa shape index (κ3) is 5.03. The first kappa shape index (κ1) is 21.9. The summed E-state index contributed by atoms with van der Waals surface area (Å²) in [7, 11) is 3.52. The Kier molecular flexibility index (Phi) is 7.17. The molecule has 160 valence electrons. The normalized spacial score (nSPS) is 16.3. The van der Waals surface area contributed by atoms with Crippen LogP contribution in [0.4, 0.5) is 4.79 Å². The van der Waals surface area contributed by atoms with Crippen LogP contribution in [0, 0.1) is 0 Å². The second-order valence-corrected chi connectivity index (χ2v) is 7.70. The maximum absolute atomic E-state index is 12.7. The summed E-state index contributed by atoms with van der Waals surface area (Å²) in [6.45, 7) is 2.81. The van der Waals surface area contributed by atoms with Gasteiger partial charge in [0.05, 0.1) is 25.6 Å². The van der Waals surface area contributed by atoms with Crippen LogP contribution in [0.3, 0.4) is 0 Å². The van der Waals surface area contributed by atoms with E-state index in [0.717, 1.165) is 15.8 Å². The molecule has 0 bridgehead atoms. The number of hydrogen-bond donors (Lipinski definition) is 2. The van der Waals surface area contributed by atoms with Crippen LogP contribution in [0.2, 0.25) is 0 Å². The highest BCUT2D eigenvalue weighted by molar-refractivity contribution is 9.10. The molecule has 0 saturated heterocycles. The molecule has 0 aliphatic carbocycles. The average molecular weight is 478 g/mol. The van der Waals surface area contributed by atoms with E-state index in [2.05, 4.69) is 26.6 Å². The summed E-state index contributed by atoms with van der Waals surface area (Å²) in [5, 5.41) is 5.50. The number of carbonyl (C=O) groups excluding carboxylic acids is 2. The van der Waals surface area contributed by atoms with E-state index in [4.69, 9.17) is 13.9 Å². The lowest BCUT2D eigenvalue weighted by molar-refractivity contribution is -0.139. The van der Waals surface area contributed by atoms with Crippen molar-refractivity contribution >= 4 is 27.9 Å². The number of methoxy groups -OCH3 is 1. The quantitative estimate of drug-likeness (QED) is 0.566. The van der Waals surface area contributed by atoms with E-state index in [1.165, 1.54) is 6.26 Å². The van der Waals surface area contributed by atoms with Crippen LogP contribution < -0.4 is 15.4 Å². The van der Waals surface area contributed by atoms with Gasteiger partial charge < -0.3 is 24.5 Å². The van der Waals surface area contributed by atoms with Gasteiger partial charge in [-0.3, -0.25) is 4.90 Å². The Morgan fingerprint density at radius 2 is 2.10 bits per heavy atom. The van der Waals surface area contributed by atoms with Crippen molar-refractivity contribution < 1.29 is 23.5 Å². The van der Waals surface area contributed by atoms with Gasteiger partial charge in [0.1, 0.15) is 17.6 Å². The van der Waals surface area contributed by atoms with E-state index in [1.54, 1.807) is 26.2 Å². The lowest BCUT2D eigenvalue weighted by Crippen LogP contribution is -2.48. The Hall–Kier alpha value is -2.78. The second kappa shape index (κ2) is 9.82. The third-order valence-corrected chi connectivity index (χ3v) is 5.08. The van der Waals surface area contributed by atoms with Crippen LogP contribution in [0.1, 0.15) is 24.3 Å². The number of rotatable bonds is 8. The molecule has 1 aliphatic rings. The maximum atomic E-state index is 12.7. The van der Waals surface area contributed by atoms with Crippen LogP contribution in [0.15, 0.2) is 56.8 Å². The monoisotopic (exact) mass is 477 g/mol. The zero-order chi connectivity index (χ0) is 21.7. The van der Waals surface area contributed by atoms with Crippen LogP contribution in [-0.2, 0) is 16.1 Å². The van der Waals surface area contributed by atoms with Crippen molar-refractivity contribution in [1.29, 1.82) is 0 Å². The van der Waals surface area contributed by atoms with Gasteiger partial charge >= 0.3 is 12.0 Å². The standard InChI is InChI=1S/C21H24BrN3O5/c1-4-29-20(26)18-15(23-21(27)24-19(18)17-6-5-9-30-17)12-25(2)11-13-10-14(22)7-8-16(13)28-3/h5-10,19H,4,11-12H2,1-3H3,(H2,23,24,27). The molecule has 0 saturated carbocycles. The molecule has 8 nitrogen and oxygen atoms in total. The molecule has 2 aromatic rings. The van der Waals surface area contributed by atoms with Crippen molar-refractivity contribution in [3.05, 3.63) is 63.7 Å². The number of nitrogens with one attached hydrogen (secondary N) is 2. The number of ether oxygens (including phenoxy) is 2. The van der Waals surface area contributed by atoms with E-state index in [0.29, 0.717) is 30.1 Å². The van der Waals surface area contributed by atoms with Crippen molar-refractivity contribution in [2.45, 2.75) is 19.5 Å². The highest BCUT2D eigenvalue weighted by atomic mass is 79.9. The summed E-state index contributed by atoms with van der Waals surface area (Å²) in [4.78, 5) is 27.0. The van der Waals surface area contributed by atoms with Gasteiger partial charge in [0.25, 0.3) is 0 Å². The minimum absolute atomic E-state index is 0.222. The van der Waals surface area contributed by atoms with E-state index in [1.807, 2.05) is 30.1 Å². The lowest BCUT2D eigenvalue weighted by atomic mass is 10.00. The topological polar surface area (TPSA) is 93.0 Å². The minimum atomic E-state index is -0.725. The van der Waals surface area contributed by atoms with Gasteiger partial charge in [-0.1, -0.05) is 15.9 Å². The van der Waals surface area contributed by atoms with Gasteiger partial charge in [-0.25, -0.2) is 9.59 Å². The molecule has 1 aliphatic heterocycles. The Morgan fingerprint density at radius 3 is 2.77 bits per heavy atom. The minimum Gasteiger partial charge on any atom is -0.496 e. The second-order valence-electron chi connectivity index (χ2n) is 6.79. The summed E-state index contributed by atoms with van der Waals surface area (Å²) in [6, 6.07) is 8.05. The predicted molar refractivity (Wildman–Crippen MR) is 114 cm³/mol. The van der Waals surface area contributed by atoms with Crippen molar-refractivity contribution in [1.82, 2.24) is 15.5 Å². The fourth-order valence-corrected chi connectivity index (χ4v) is 3.76. The van der Waals surface area contributed by atoms with Gasteiger partial charge in [0.15, 0.2) is 0 Å². The number of furan rings is 1. The first-order valence-electron chi connectivity index (χ1n) is 9.45. The van der Waals surface area contributed by atoms with E-state index in [9.17, 15) is 9.59 Å². The van der Waals surface area contributed by atoms with Gasteiger partial charge in [0.2, 0.25) is 0 Å². The molecule has 1 unspecified atom stereocenters. The van der Waals surface area contributed by atoms with Crippen LogP contribution in [0.5, 0.6) is 5.75 Å². The SMILES string of the molecule is CCOC(=O)C1=C(CN(C)Cc2cc(Br)ccc2OC)NC(=O)NC1c1ccco1. The van der Waals surface area contributed by atoms with Crippen molar-refractivity contribution in [3.63, 3.8) is 0 Å². The fourth-order valence-electron chi connectivity index (χ4n) is 3.35. The molecule has 0 spiro atoms. The molecule has 3 rings (SSSR count). The zero-order valence-corrected chi connectivity index (χ0v) is 18.6. The Labute approximate surface area is 183 Å². The summed E-state index contributed by atoms with van der Waals surface area (Å²) >= 11 is 3.48. The summed E-state index contributed by atoms with van der Waals surface area (Å²) < 4.78 is 17.1. The molecular weight excluding hydrogens is 454 g/mol. The molecule has 2 amide bonds.